The molecule has 2 aromatic rings. The molecule has 1 atom stereocenters. The van der Waals surface area contributed by atoms with Gasteiger partial charge in [-0.2, -0.15) is 0 Å². The van der Waals surface area contributed by atoms with Crippen LogP contribution in [0.3, 0.4) is 0 Å². The Balaban J connectivity index is 2.36. The van der Waals surface area contributed by atoms with Gasteiger partial charge in [0.25, 0.3) is 0 Å². The summed E-state index contributed by atoms with van der Waals surface area (Å²) in [6.45, 7) is 4.22. The highest BCUT2D eigenvalue weighted by atomic mass is 35.5. The molecule has 1 unspecified atom stereocenters. The Bertz CT molecular complexity index is 519. The summed E-state index contributed by atoms with van der Waals surface area (Å²) in [5, 5.41) is -0.102. The fourth-order valence-corrected chi connectivity index (χ4v) is 3.27. The maximum Gasteiger partial charge on any atom is 0.119 e. The summed E-state index contributed by atoms with van der Waals surface area (Å²) >= 11 is 8.32. The number of hydrogen-bond acceptors (Lipinski definition) is 2. The monoisotopic (exact) mass is 266 g/mol. The Kier molecular flexibility index (Phi) is 3.75. The van der Waals surface area contributed by atoms with E-state index in [1.54, 1.807) is 18.4 Å². The molecule has 0 amide bonds. The van der Waals surface area contributed by atoms with Gasteiger partial charge in [0.15, 0.2) is 0 Å². The summed E-state index contributed by atoms with van der Waals surface area (Å²) in [7, 11) is 1.67. The minimum atomic E-state index is -0.102. The van der Waals surface area contributed by atoms with E-state index in [0.717, 1.165) is 11.3 Å². The van der Waals surface area contributed by atoms with E-state index >= 15 is 0 Å². The van der Waals surface area contributed by atoms with Crippen molar-refractivity contribution in [2.75, 3.05) is 7.11 Å². The van der Waals surface area contributed by atoms with E-state index in [1.165, 1.54) is 15.3 Å². The minimum Gasteiger partial charge on any atom is -0.497 e. The minimum absolute atomic E-state index is 0.102. The highest BCUT2D eigenvalue weighted by molar-refractivity contribution is 7.12. The summed E-state index contributed by atoms with van der Waals surface area (Å²) in [5.74, 6) is 0.845. The Morgan fingerprint density at radius 2 is 2.00 bits per heavy atom. The highest BCUT2D eigenvalue weighted by Crippen LogP contribution is 2.36. The van der Waals surface area contributed by atoms with Crippen LogP contribution < -0.4 is 4.74 Å². The Morgan fingerprint density at radius 1 is 1.24 bits per heavy atom. The second kappa shape index (κ2) is 5.11. The van der Waals surface area contributed by atoms with Crippen molar-refractivity contribution in [3.8, 4) is 5.75 Å². The first-order chi connectivity index (χ1) is 8.11. The zero-order chi connectivity index (χ0) is 12.4. The smallest absolute Gasteiger partial charge is 0.119 e. The van der Waals surface area contributed by atoms with Crippen LogP contribution in [0, 0.1) is 13.8 Å². The van der Waals surface area contributed by atoms with Gasteiger partial charge in [-0.3, -0.25) is 0 Å². The maximum absolute atomic E-state index is 6.53. The second-order valence-corrected chi connectivity index (χ2v) is 5.90. The van der Waals surface area contributed by atoms with Crippen LogP contribution in [0.25, 0.3) is 0 Å². The van der Waals surface area contributed by atoms with E-state index in [4.69, 9.17) is 16.3 Å². The normalized spacial score (nSPS) is 12.5. The molecular formula is C14H15ClOS. The van der Waals surface area contributed by atoms with Crippen molar-refractivity contribution in [3.63, 3.8) is 0 Å². The van der Waals surface area contributed by atoms with Crippen molar-refractivity contribution in [3.05, 3.63) is 51.2 Å². The quantitative estimate of drug-likeness (QED) is 0.732. The van der Waals surface area contributed by atoms with Crippen LogP contribution in [0.1, 0.15) is 26.3 Å². The molecule has 1 heterocycles. The van der Waals surface area contributed by atoms with Gasteiger partial charge >= 0.3 is 0 Å². The molecule has 0 radical (unpaired) electrons. The van der Waals surface area contributed by atoms with Crippen molar-refractivity contribution >= 4 is 22.9 Å². The first kappa shape index (κ1) is 12.5. The molecule has 0 fully saturated rings. The molecule has 3 heteroatoms. The van der Waals surface area contributed by atoms with E-state index in [0.29, 0.717) is 0 Å². The maximum atomic E-state index is 6.53. The summed E-state index contributed by atoms with van der Waals surface area (Å²) in [6, 6.07) is 10.1. The average molecular weight is 267 g/mol. The first-order valence-electron chi connectivity index (χ1n) is 5.46. The lowest BCUT2D eigenvalue weighted by Crippen LogP contribution is -1.94. The molecule has 0 saturated heterocycles. The van der Waals surface area contributed by atoms with Gasteiger partial charge < -0.3 is 4.74 Å². The summed E-state index contributed by atoms with van der Waals surface area (Å²) in [4.78, 5) is 2.58. The van der Waals surface area contributed by atoms with Crippen molar-refractivity contribution in [1.29, 1.82) is 0 Å². The predicted molar refractivity (Wildman–Crippen MR) is 74.5 cm³/mol. The molecular weight excluding hydrogens is 252 g/mol. The van der Waals surface area contributed by atoms with Crippen molar-refractivity contribution in [1.82, 2.24) is 0 Å². The third-order valence-electron chi connectivity index (χ3n) is 2.74. The molecule has 0 bridgehead atoms. The number of halogens is 1. The van der Waals surface area contributed by atoms with Gasteiger partial charge in [0.1, 0.15) is 5.75 Å². The Hall–Kier alpha value is -0.990. The van der Waals surface area contributed by atoms with E-state index in [1.807, 2.05) is 24.3 Å². The van der Waals surface area contributed by atoms with Crippen LogP contribution in [0.15, 0.2) is 30.3 Å². The van der Waals surface area contributed by atoms with Gasteiger partial charge in [-0.25, -0.2) is 0 Å². The van der Waals surface area contributed by atoms with E-state index < -0.39 is 0 Å². The zero-order valence-corrected chi connectivity index (χ0v) is 11.7. The van der Waals surface area contributed by atoms with Crippen molar-refractivity contribution in [2.24, 2.45) is 0 Å². The van der Waals surface area contributed by atoms with E-state index in [9.17, 15) is 0 Å². The summed E-state index contributed by atoms with van der Waals surface area (Å²) in [5.41, 5.74) is 2.27. The standard InChI is InChI=1S/C14H15ClOS/c1-9-7-13(10(2)17-9)14(15)11-5-4-6-12(8-11)16-3/h4-8,14H,1-3H3. The van der Waals surface area contributed by atoms with Crippen molar-refractivity contribution in [2.45, 2.75) is 19.2 Å². The molecule has 0 aliphatic heterocycles. The lowest BCUT2D eigenvalue weighted by atomic mass is 10.0. The van der Waals surface area contributed by atoms with Gasteiger partial charge in [-0.05, 0) is 43.2 Å². The largest absolute Gasteiger partial charge is 0.497 e. The number of ether oxygens (including phenoxy) is 1. The Morgan fingerprint density at radius 3 is 2.59 bits per heavy atom. The number of alkyl halides is 1. The molecule has 2 rings (SSSR count). The number of benzene rings is 1. The summed E-state index contributed by atoms with van der Waals surface area (Å²) in [6.07, 6.45) is 0. The number of aryl methyl sites for hydroxylation is 2. The van der Waals surface area contributed by atoms with Crippen LogP contribution in [-0.2, 0) is 0 Å². The Labute approximate surface area is 111 Å². The van der Waals surface area contributed by atoms with Crippen LogP contribution >= 0.6 is 22.9 Å². The van der Waals surface area contributed by atoms with Crippen LogP contribution in [-0.4, -0.2) is 7.11 Å². The third-order valence-corrected chi connectivity index (χ3v) is 4.21. The molecule has 1 aromatic carbocycles. The molecule has 0 N–H and O–H groups in total. The molecule has 90 valence electrons. The van der Waals surface area contributed by atoms with E-state index in [-0.39, 0.29) is 5.38 Å². The lowest BCUT2D eigenvalue weighted by molar-refractivity contribution is 0.414. The summed E-state index contributed by atoms with van der Waals surface area (Å²) < 4.78 is 5.22. The van der Waals surface area contributed by atoms with Crippen molar-refractivity contribution < 1.29 is 4.74 Å². The van der Waals surface area contributed by atoms with E-state index in [2.05, 4.69) is 19.9 Å². The molecule has 0 aliphatic rings. The topological polar surface area (TPSA) is 9.23 Å². The van der Waals surface area contributed by atoms with Gasteiger partial charge in [0, 0.05) is 9.75 Å². The molecule has 0 saturated carbocycles. The van der Waals surface area contributed by atoms with Gasteiger partial charge in [0.2, 0.25) is 0 Å². The van der Waals surface area contributed by atoms with Gasteiger partial charge in [0.05, 0.1) is 12.5 Å². The number of hydrogen-bond donors (Lipinski definition) is 0. The average Bonchev–Trinajstić information content (AvgIpc) is 2.67. The SMILES string of the molecule is COc1cccc(C(Cl)c2cc(C)sc2C)c1. The fourth-order valence-electron chi connectivity index (χ4n) is 1.88. The molecule has 17 heavy (non-hydrogen) atoms. The van der Waals surface area contributed by atoms with Gasteiger partial charge in [-0.1, -0.05) is 12.1 Å². The number of thiophene rings is 1. The van der Waals surface area contributed by atoms with Crippen LogP contribution in [0.5, 0.6) is 5.75 Å². The van der Waals surface area contributed by atoms with Crippen LogP contribution in [0.4, 0.5) is 0 Å². The third kappa shape index (κ3) is 2.64. The molecule has 0 aliphatic carbocycles. The predicted octanol–water partition coefficient (Wildman–Crippen LogP) is 4.70. The molecule has 1 nitrogen and oxygen atoms in total. The fraction of sp³-hybridized carbons (Fsp3) is 0.286. The highest BCUT2D eigenvalue weighted by Gasteiger charge is 2.15. The zero-order valence-electron chi connectivity index (χ0n) is 10.2. The number of rotatable bonds is 3. The number of methoxy groups -OCH3 is 1. The lowest BCUT2D eigenvalue weighted by Gasteiger charge is -2.11. The second-order valence-electron chi connectivity index (χ2n) is 4.01. The van der Waals surface area contributed by atoms with Crippen LogP contribution in [0.2, 0.25) is 0 Å². The van der Waals surface area contributed by atoms with Gasteiger partial charge in [-0.15, -0.1) is 22.9 Å². The molecule has 0 spiro atoms. The molecule has 1 aromatic heterocycles. The first-order valence-corrected chi connectivity index (χ1v) is 6.72.